The molecule has 1 fully saturated rings. The lowest BCUT2D eigenvalue weighted by molar-refractivity contribution is -0.113. The van der Waals surface area contributed by atoms with Gasteiger partial charge >= 0.3 is 0 Å². The standard InChI is InChI=1S/C18H13NO3S2/c1-11(20)12-6-8-14(9-7-12)19-17(22)16(24-18(19)23)10-13-4-2-3-5-15(13)21/h2-10,21H,1H3/b16-10-. The van der Waals surface area contributed by atoms with Gasteiger partial charge in [-0.2, -0.15) is 0 Å². The Kier molecular flexibility index (Phi) is 4.51. The van der Waals surface area contributed by atoms with E-state index >= 15 is 0 Å². The number of anilines is 1. The second-order valence-electron chi connectivity index (χ2n) is 5.18. The van der Waals surface area contributed by atoms with Crippen LogP contribution in [0.25, 0.3) is 6.08 Å². The molecule has 0 radical (unpaired) electrons. The molecule has 2 aromatic carbocycles. The van der Waals surface area contributed by atoms with E-state index in [0.29, 0.717) is 26.0 Å². The molecule has 120 valence electrons. The first-order valence-electron chi connectivity index (χ1n) is 7.14. The van der Waals surface area contributed by atoms with Crippen molar-refractivity contribution in [1.29, 1.82) is 0 Å². The molecule has 1 aliphatic rings. The molecule has 0 spiro atoms. The van der Waals surface area contributed by atoms with E-state index in [4.69, 9.17) is 12.2 Å². The number of para-hydroxylation sites is 1. The van der Waals surface area contributed by atoms with E-state index in [-0.39, 0.29) is 17.4 Å². The molecule has 0 aliphatic carbocycles. The minimum Gasteiger partial charge on any atom is -0.507 e. The van der Waals surface area contributed by atoms with E-state index in [2.05, 4.69) is 0 Å². The molecule has 0 bridgehead atoms. The van der Waals surface area contributed by atoms with E-state index in [9.17, 15) is 14.7 Å². The van der Waals surface area contributed by atoms with E-state index in [1.54, 1.807) is 54.6 Å². The van der Waals surface area contributed by atoms with Crippen LogP contribution in [-0.2, 0) is 4.79 Å². The zero-order valence-electron chi connectivity index (χ0n) is 12.7. The Balaban J connectivity index is 1.92. The largest absolute Gasteiger partial charge is 0.507 e. The highest BCUT2D eigenvalue weighted by Crippen LogP contribution is 2.37. The predicted molar refractivity (Wildman–Crippen MR) is 100 cm³/mol. The maximum absolute atomic E-state index is 12.7. The number of amides is 1. The van der Waals surface area contributed by atoms with Gasteiger partial charge in [0.2, 0.25) is 0 Å². The molecule has 2 aromatic rings. The highest BCUT2D eigenvalue weighted by molar-refractivity contribution is 8.27. The van der Waals surface area contributed by atoms with Gasteiger partial charge in [0, 0.05) is 11.1 Å². The van der Waals surface area contributed by atoms with E-state index < -0.39 is 0 Å². The van der Waals surface area contributed by atoms with Crippen LogP contribution in [0.1, 0.15) is 22.8 Å². The Morgan fingerprint density at radius 1 is 1.17 bits per heavy atom. The van der Waals surface area contributed by atoms with Crippen LogP contribution in [0.15, 0.2) is 53.4 Å². The molecular weight excluding hydrogens is 342 g/mol. The normalized spacial score (nSPS) is 16.0. The minimum atomic E-state index is -0.246. The van der Waals surface area contributed by atoms with Crippen molar-refractivity contribution in [3.05, 3.63) is 64.6 Å². The monoisotopic (exact) mass is 355 g/mol. The predicted octanol–water partition coefficient (Wildman–Crippen LogP) is 4.00. The molecule has 0 unspecified atom stereocenters. The molecule has 3 rings (SSSR count). The van der Waals surface area contributed by atoms with Crippen molar-refractivity contribution in [3.8, 4) is 5.75 Å². The summed E-state index contributed by atoms with van der Waals surface area (Å²) in [7, 11) is 0. The number of rotatable bonds is 3. The van der Waals surface area contributed by atoms with Crippen LogP contribution in [0.3, 0.4) is 0 Å². The Morgan fingerprint density at radius 2 is 1.83 bits per heavy atom. The van der Waals surface area contributed by atoms with Gasteiger partial charge in [0.1, 0.15) is 5.75 Å². The maximum atomic E-state index is 12.7. The molecule has 1 N–H and O–H groups in total. The van der Waals surface area contributed by atoms with Crippen molar-refractivity contribution in [2.75, 3.05) is 4.90 Å². The lowest BCUT2D eigenvalue weighted by Crippen LogP contribution is -2.27. The van der Waals surface area contributed by atoms with Gasteiger partial charge in [-0.3, -0.25) is 14.5 Å². The summed E-state index contributed by atoms with van der Waals surface area (Å²) in [6.45, 7) is 1.49. The van der Waals surface area contributed by atoms with Crippen LogP contribution in [0.4, 0.5) is 5.69 Å². The van der Waals surface area contributed by atoms with Gasteiger partial charge < -0.3 is 5.11 Å². The fourth-order valence-corrected chi connectivity index (χ4v) is 3.58. The van der Waals surface area contributed by atoms with E-state index in [1.165, 1.54) is 23.6 Å². The maximum Gasteiger partial charge on any atom is 0.270 e. The second kappa shape index (κ2) is 6.59. The summed E-state index contributed by atoms with van der Waals surface area (Å²) in [5.74, 6) is -0.177. The lowest BCUT2D eigenvalue weighted by Gasteiger charge is -2.14. The smallest absolute Gasteiger partial charge is 0.270 e. The fourth-order valence-electron chi connectivity index (χ4n) is 2.29. The van der Waals surface area contributed by atoms with Gasteiger partial charge in [-0.25, -0.2) is 0 Å². The van der Waals surface area contributed by atoms with Gasteiger partial charge in [-0.15, -0.1) is 0 Å². The zero-order valence-corrected chi connectivity index (χ0v) is 14.4. The molecule has 0 saturated carbocycles. The number of hydrogen-bond donors (Lipinski definition) is 1. The second-order valence-corrected chi connectivity index (χ2v) is 6.85. The quantitative estimate of drug-likeness (QED) is 0.512. The number of ketones is 1. The van der Waals surface area contributed by atoms with Crippen molar-refractivity contribution >= 4 is 51.8 Å². The van der Waals surface area contributed by atoms with Crippen LogP contribution in [0.2, 0.25) is 0 Å². The molecule has 0 aromatic heterocycles. The van der Waals surface area contributed by atoms with Crippen LogP contribution >= 0.6 is 24.0 Å². The zero-order chi connectivity index (χ0) is 17.3. The van der Waals surface area contributed by atoms with Crippen LogP contribution in [0.5, 0.6) is 5.75 Å². The van der Waals surface area contributed by atoms with Gasteiger partial charge in [0.15, 0.2) is 10.1 Å². The number of Topliss-reactive ketones (excluding diaryl/α,β-unsaturated/α-hetero) is 1. The first-order valence-corrected chi connectivity index (χ1v) is 8.37. The number of benzene rings is 2. The highest BCUT2D eigenvalue weighted by atomic mass is 32.2. The molecule has 1 aliphatic heterocycles. The van der Waals surface area contributed by atoms with E-state index in [0.717, 1.165) is 0 Å². The van der Waals surface area contributed by atoms with Crippen LogP contribution in [0, 0.1) is 0 Å². The average molecular weight is 355 g/mol. The average Bonchev–Trinajstić information content (AvgIpc) is 2.84. The number of thioether (sulfide) groups is 1. The minimum absolute atomic E-state index is 0.0358. The molecule has 1 saturated heterocycles. The first kappa shape index (κ1) is 16.4. The molecule has 24 heavy (non-hydrogen) atoms. The van der Waals surface area contributed by atoms with Gasteiger partial charge in [-0.05, 0) is 43.3 Å². The fraction of sp³-hybridized carbons (Fsp3) is 0.0556. The van der Waals surface area contributed by atoms with Gasteiger partial charge in [0.05, 0.1) is 10.6 Å². The first-order chi connectivity index (χ1) is 11.5. The molecule has 1 heterocycles. The summed E-state index contributed by atoms with van der Waals surface area (Å²) in [5.41, 5.74) is 1.75. The number of phenols is 1. The number of hydrogen-bond acceptors (Lipinski definition) is 5. The van der Waals surface area contributed by atoms with Crippen LogP contribution in [-0.4, -0.2) is 21.1 Å². The number of aromatic hydroxyl groups is 1. The van der Waals surface area contributed by atoms with Gasteiger partial charge in [0.25, 0.3) is 5.91 Å². The number of nitrogens with zero attached hydrogens (tertiary/aromatic N) is 1. The number of thiocarbonyl (C=S) groups is 1. The third-order valence-corrected chi connectivity index (χ3v) is 4.85. The Labute approximate surface area is 148 Å². The summed E-state index contributed by atoms with van der Waals surface area (Å²) in [6.07, 6.45) is 1.62. The lowest BCUT2D eigenvalue weighted by atomic mass is 10.1. The summed E-state index contributed by atoms with van der Waals surface area (Å²) in [6, 6.07) is 13.5. The molecule has 6 heteroatoms. The molecule has 4 nitrogen and oxygen atoms in total. The van der Waals surface area contributed by atoms with Crippen molar-refractivity contribution in [3.63, 3.8) is 0 Å². The summed E-state index contributed by atoms with van der Waals surface area (Å²) in [4.78, 5) is 25.9. The topological polar surface area (TPSA) is 57.6 Å². The van der Waals surface area contributed by atoms with Crippen molar-refractivity contribution in [1.82, 2.24) is 0 Å². The van der Waals surface area contributed by atoms with Crippen molar-refractivity contribution in [2.24, 2.45) is 0 Å². The summed E-state index contributed by atoms with van der Waals surface area (Å²) >= 11 is 6.49. The molecular formula is C18H13NO3S2. The number of carbonyl (C=O) groups excluding carboxylic acids is 2. The number of carbonyl (C=O) groups is 2. The Hall–Kier alpha value is -2.44. The Morgan fingerprint density at radius 3 is 2.46 bits per heavy atom. The summed E-state index contributed by atoms with van der Waals surface area (Å²) < 4.78 is 0.414. The molecule has 0 atom stereocenters. The van der Waals surface area contributed by atoms with Crippen LogP contribution < -0.4 is 4.90 Å². The van der Waals surface area contributed by atoms with Crippen molar-refractivity contribution in [2.45, 2.75) is 6.92 Å². The SMILES string of the molecule is CC(=O)c1ccc(N2C(=O)/C(=C/c3ccccc3O)SC2=S)cc1. The third kappa shape index (κ3) is 3.11. The number of phenolic OH excluding ortho intramolecular Hbond substituents is 1. The Bertz CT molecular complexity index is 872. The summed E-state index contributed by atoms with van der Waals surface area (Å²) in [5, 5.41) is 9.84. The third-order valence-electron chi connectivity index (χ3n) is 3.55. The highest BCUT2D eigenvalue weighted by Gasteiger charge is 2.33. The van der Waals surface area contributed by atoms with Crippen molar-refractivity contribution < 1.29 is 14.7 Å². The van der Waals surface area contributed by atoms with E-state index in [1.807, 2.05) is 0 Å². The van der Waals surface area contributed by atoms with Gasteiger partial charge in [-0.1, -0.05) is 42.2 Å². The molecule has 1 amide bonds.